The fourth-order valence-electron chi connectivity index (χ4n) is 4.39. The van der Waals surface area contributed by atoms with Gasteiger partial charge in [0.1, 0.15) is 0 Å². The van der Waals surface area contributed by atoms with Gasteiger partial charge >= 0.3 is 0 Å². The largest absolute Gasteiger partial charge is 0.336 e. The van der Waals surface area contributed by atoms with E-state index in [9.17, 15) is 4.79 Å². The van der Waals surface area contributed by atoms with Crippen molar-refractivity contribution in [1.82, 2.24) is 24.6 Å². The van der Waals surface area contributed by atoms with Gasteiger partial charge in [-0.25, -0.2) is 0 Å². The summed E-state index contributed by atoms with van der Waals surface area (Å²) in [6.45, 7) is 8.73. The lowest BCUT2D eigenvalue weighted by Crippen LogP contribution is -2.48. The number of aryl methyl sites for hydroxylation is 1. The number of thioether (sulfide) groups is 1. The van der Waals surface area contributed by atoms with E-state index in [1.807, 2.05) is 41.3 Å². The highest BCUT2D eigenvalue weighted by Gasteiger charge is 2.24. The van der Waals surface area contributed by atoms with Gasteiger partial charge in [-0.2, -0.15) is 0 Å². The molecule has 8 heteroatoms. The minimum absolute atomic E-state index is 0.122. The van der Waals surface area contributed by atoms with E-state index in [-0.39, 0.29) is 5.91 Å². The number of hydrogen-bond acceptors (Lipinski definition) is 6. The van der Waals surface area contributed by atoms with E-state index in [2.05, 4.69) is 63.2 Å². The van der Waals surface area contributed by atoms with Crippen LogP contribution < -0.4 is 0 Å². The average Bonchev–Trinajstić information content (AvgIpc) is 3.58. The van der Waals surface area contributed by atoms with Crippen LogP contribution in [0.15, 0.2) is 71.2 Å². The maximum absolute atomic E-state index is 13.4. The number of carbonyl (C=O) groups excluding carboxylic acids is 1. The van der Waals surface area contributed by atoms with Gasteiger partial charge in [-0.1, -0.05) is 61.2 Å². The van der Waals surface area contributed by atoms with Gasteiger partial charge in [-0.15, -0.1) is 21.5 Å². The molecule has 3 heterocycles. The van der Waals surface area contributed by atoms with Crippen molar-refractivity contribution in [2.75, 3.05) is 32.7 Å². The van der Waals surface area contributed by atoms with Crippen molar-refractivity contribution < 1.29 is 4.79 Å². The number of rotatable bonds is 7. The first-order valence-corrected chi connectivity index (χ1v) is 13.8. The molecule has 1 aliphatic rings. The summed E-state index contributed by atoms with van der Waals surface area (Å²) in [5.41, 5.74) is 4.04. The molecule has 5 rings (SSSR count). The van der Waals surface area contributed by atoms with Crippen molar-refractivity contribution in [1.29, 1.82) is 0 Å². The van der Waals surface area contributed by atoms with Crippen molar-refractivity contribution in [3.63, 3.8) is 0 Å². The number of likely N-dealkylation sites (N-methyl/N-ethyl adjacent to an activating group) is 1. The van der Waals surface area contributed by atoms with Gasteiger partial charge in [0.05, 0.1) is 10.6 Å². The lowest BCUT2D eigenvalue weighted by Gasteiger charge is -2.34. The van der Waals surface area contributed by atoms with Gasteiger partial charge in [0.25, 0.3) is 5.91 Å². The zero-order valence-corrected chi connectivity index (χ0v) is 21.7. The summed E-state index contributed by atoms with van der Waals surface area (Å²) in [6, 6.07) is 20.4. The number of amides is 1. The smallest absolute Gasteiger partial charge is 0.254 e. The van der Waals surface area contributed by atoms with Crippen LogP contribution in [-0.2, 0) is 5.75 Å². The Morgan fingerprint density at radius 2 is 1.74 bits per heavy atom. The van der Waals surface area contributed by atoms with Crippen LogP contribution in [-0.4, -0.2) is 63.2 Å². The highest BCUT2D eigenvalue weighted by molar-refractivity contribution is 7.98. The minimum Gasteiger partial charge on any atom is -0.336 e. The van der Waals surface area contributed by atoms with Gasteiger partial charge in [-0.05, 0) is 48.2 Å². The standard InChI is InChI=1S/C27H29N5OS2/c1-3-30-14-16-31(17-15-30)26(33)22-11-6-5-10-21(22)19-35-27-29-28-25(24-13-8-18-34-24)32(27)23-12-7-4-9-20(23)2/h4-13,18H,3,14-17,19H2,1-2H3. The second-order valence-electron chi connectivity index (χ2n) is 8.58. The normalized spacial score (nSPS) is 14.4. The van der Waals surface area contributed by atoms with Crippen molar-refractivity contribution in [2.45, 2.75) is 24.8 Å². The van der Waals surface area contributed by atoms with Gasteiger partial charge < -0.3 is 9.80 Å². The monoisotopic (exact) mass is 503 g/mol. The van der Waals surface area contributed by atoms with Gasteiger partial charge in [0.2, 0.25) is 0 Å². The molecule has 0 bridgehead atoms. The highest BCUT2D eigenvalue weighted by atomic mass is 32.2. The van der Waals surface area contributed by atoms with Crippen molar-refractivity contribution in [2.24, 2.45) is 0 Å². The van der Waals surface area contributed by atoms with Crippen molar-refractivity contribution in [3.05, 3.63) is 82.7 Å². The van der Waals surface area contributed by atoms with Crippen molar-refractivity contribution in [3.8, 4) is 16.4 Å². The molecule has 4 aromatic rings. The van der Waals surface area contributed by atoms with Gasteiger partial charge in [0, 0.05) is 37.5 Å². The Bertz CT molecular complexity index is 1290. The molecule has 0 unspecified atom stereocenters. The molecular weight excluding hydrogens is 474 g/mol. The molecule has 0 atom stereocenters. The number of benzene rings is 2. The fourth-order valence-corrected chi connectivity index (χ4v) is 6.04. The molecule has 1 amide bonds. The number of piperazine rings is 1. The molecule has 1 aliphatic heterocycles. The van der Waals surface area contributed by atoms with E-state index in [0.717, 1.165) is 71.0 Å². The summed E-state index contributed by atoms with van der Waals surface area (Å²) >= 11 is 3.28. The van der Waals surface area contributed by atoms with E-state index in [1.54, 1.807) is 23.1 Å². The number of hydrogen-bond donors (Lipinski definition) is 0. The maximum atomic E-state index is 13.4. The number of para-hydroxylation sites is 1. The summed E-state index contributed by atoms with van der Waals surface area (Å²) in [5.74, 6) is 1.61. The molecule has 0 radical (unpaired) electrons. The van der Waals surface area contributed by atoms with Crippen LogP contribution in [0.25, 0.3) is 16.4 Å². The van der Waals surface area contributed by atoms with E-state index in [0.29, 0.717) is 5.75 Å². The van der Waals surface area contributed by atoms with Crippen molar-refractivity contribution >= 4 is 29.0 Å². The number of carbonyl (C=O) groups is 1. The number of nitrogens with zero attached hydrogens (tertiary/aromatic N) is 5. The third kappa shape index (κ3) is 5.05. The van der Waals surface area contributed by atoms with E-state index < -0.39 is 0 Å². The zero-order chi connectivity index (χ0) is 24.2. The Hall–Kier alpha value is -2.94. The summed E-state index contributed by atoms with van der Waals surface area (Å²) in [4.78, 5) is 18.8. The van der Waals surface area contributed by atoms with Crippen LogP contribution in [0.2, 0.25) is 0 Å². The lowest BCUT2D eigenvalue weighted by atomic mass is 10.1. The number of aromatic nitrogens is 3. The fraction of sp³-hybridized carbons (Fsp3) is 0.296. The van der Waals surface area contributed by atoms with Crippen LogP contribution in [0.5, 0.6) is 0 Å². The lowest BCUT2D eigenvalue weighted by molar-refractivity contribution is 0.0642. The quantitative estimate of drug-likeness (QED) is 0.317. The summed E-state index contributed by atoms with van der Waals surface area (Å²) < 4.78 is 2.14. The Kier molecular flexibility index (Phi) is 7.32. The molecule has 180 valence electrons. The summed E-state index contributed by atoms with van der Waals surface area (Å²) in [7, 11) is 0. The SMILES string of the molecule is CCN1CCN(C(=O)c2ccccc2CSc2nnc(-c3cccs3)n2-c2ccccc2C)CC1. The average molecular weight is 504 g/mol. The molecular formula is C27H29N5OS2. The van der Waals surface area contributed by atoms with Crippen LogP contribution in [0.1, 0.15) is 28.4 Å². The van der Waals surface area contributed by atoms with E-state index >= 15 is 0 Å². The topological polar surface area (TPSA) is 54.3 Å². The first-order valence-electron chi connectivity index (χ1n) is 11.9. The van der Waals surface area contributed by atoms with E-state index in [4.69, 9.17) is 0 Å². The third-order valence-corrected chi connectivity index (χ3v) is 8.29. The third-order valence-electron chi connectivity index (χ3n) is 6.44. The van der Waals surface area contributed by atoms with E-state index in [1.165, 1.54) is 0 Å². The Balaban J connectivity index is 1.41. The molecule has 0 aliphatic carbocycles. The highest BCUT2D eigenvalue weighted by Crippen LogP contribution is 2.33. The summed E-state index contributed by atoms with van der Waals surface area (Å²) in [5, 5.41) is 12.0. The zero-order valence-electron chi connectivity index (χ0n) is 20.1. The first-order chi connectivity index (χ1) is 17.2. The predicted octanol–water partition coefficient (Wildman–Crippen LogP) is 5.37. The van der Waals surface area contributed by atoms with Gasteiger partial charge in [-0.3, -0.25) is 9.36 Å². The summed E-state index contributed by atoms with van der Waals surface area (Å²) in [6.07, 6.45) is 0. The molecule has 6 nitrogen and oxygen atoms in total. The van der Waals surface area contributed by atoms with Crippen LogP contribution >= 0.6 is 23.1 Å². The predicted molar refractivity (Wildman–Crippen MR) is 143 cm³/mol. The Morgan fingerprint density at radius 3 is 2.49 bits per heavy atom. The molecule has 1 saturated heterocycles. The molecule has 1 fully saturated rings. The Labute approximate surface area is 214 Å². The van der Waals surface area contributed by atoms with Crippen LogP contribution in [0.4, 0.5) is 0 Å². The molecule has 2 aromatic heterocycles. The minimum atomic E-state index is 0.122. The molecule has 0 spiro atoms. The molecule has 0 N–H and O–H groups in total. The molecule has 35 heavy (non-hydrogen) atoms. The number of thiophene rings is 1. The second-order valence-corrected chi connectivity index (χ2v) is 10.5. The first kappa shape index (κ1) is 23.8. The maximum Gasteiger partial charge on any atom is 0.254 e. The van der Waals surface area contributed by atoms with Crippen LogP contribution in [0.3, 0.4) is 0 Å². The van der Waals surface area contributed by atoms with Crippen LogP contribution in [0, 0.1) is 6.92 Å². The van der Waals surface area contributed by atoms with Gasteiger partial charge in [0.15, 0.2) is 11.0 Å². The Morgan fingerprint density at radius 1 is 0.971 bits per heavy atom. The second kappa shape index (κ2) is 10.8. The molecule has 2 aromatic carbocycles. The molecule has 0 saturated carbocycles.